The van der Waals surface area contributed by atoms with Gasteiger partial charge in [-0.05, 0) is 75.1 Å². The van der Waals surface area contributed by atoms with Crippen molar-refractivity contribution in [3.05, 3.63) is 106 Å². The molecule has 0 aliphatic heterocycles. The molecule has 10 heteroatoms. The minimum Gasteiger partial charge on any atom is -0.496 e. The maximum absolute atomic E-state index is 14.3. The molecule has 7 nitrogen and oxygen atoms in total. The topological polar surface area (TPSA) is 69.5 Å². The molecule has 0 saturated heterocycles. The highest BCUT2D eigenvalue weighted by Crippen LogP contribution is 2.39. The summed E-state index contributed by atoms with van der Waals surface area (Å²) in [6, 6.07) is 19.9. The average molecular weight is 631 g/mol. The number of hydrogen-bond acceptors (Lipinski definition) is 5. The normalized spacial score (nSPS) is 11.6. The molecule has 5 rings (SSSR count). The van der Waals surface area contributed by atoms with Crippen molar-refractivity contribution in [3.63, 3.8) is 0 Å². The van der Waals surface area contributed by atoms with Crippen molar-refractivity contribution in [2.75, 3.05) is 13.7 Å². The first-order valence-corrected chi connectivity index (χ1v) is 15.0. The van der Waals surface area contributed by atoms with Crippen LogP contribution in [0.15, 0.2) is 66.7 Å². The van der Waals surface area contributed by atoms with Crippen molar-refractivity contribution in [1.82, 2.24) is 19.7 Å². The third-order valence-corrected chi connectivity index (χ3v) is 7.94. The summed E-state index contributed by atoms with van der Waals surface area (Å²) in [6.07, 6.45) is -4.67. The lowest BCUT2D eigenvalue weighted by atomic mass is 10.0. The molecule has 0 radical (unpaired) electrons. The van der Waals surface area contributed by atoms with E-state index in [0.717, 1.165) is 34.1 Å². The number of fused-ring (bicyclic) bond motifs is 1. The van der Waals surface area contributed by atoms with Gasteiger partial charge in [-0.2, -0.15) is 18.3 Å². The number of alkyl halides is 3. The fourth-order valence-corrected chi connectivity index (χ4v) is 5.82. The van der Waals surface area contributed by atoms with E-state index >= 15 is 0 Å². The molecule has 0 unspecified atom stereocenters. The van der Waals surface area contributed by atoms with Crippen molar-refractivity contribution in [2.24, 2.45) is 0 Å². The molecule has 5 aromatic rings. The molecule has 2 aromatic heterocycles. The van der Waals surface area contributed by atoms with Crippen LogP contribution in [0, 0.1) is 27.7 Å². The van der Waals surface area contributed by atoms with Crippen LogP contribution in [0.25, 0.3) is 22.3 Å². The van der Waals surface area contributed by atoms with Gasteiger partial charge in [0.1, 0.15) is 24.7 Å². The molecule has 240 valence electrons. The van der Waals surface area contributed by atoms with Crippen LogP contribution < -0.4 is 9.47 Å². The minimum atomic E-state index is -4.67. The van der Waals surface area contributed by atoms with Crippen LogP contribution >= 0.6 is 0 Å². The van der Waals surface area contributed by atoms with Gasteiger partial charge in [-0.15, -0.1) is 0 Å². The van der Waals surface area contributed by atoms with E-state index in [9.17, 15) is 18.0 Å². The molecule has 0 fully saturated rings. The van der Waals surface area contributed by atoms with Crippen LogP contribution in [-0.2, 0) is 30.7 Å². The average Bonchev–Trinajstić information content (AvgIpc) is 3.32. The Morgan fingerprint density at radius 3 is 2.30 bits per heavy atom. The molecule has 0 aliphatic rings. The fraction of sp³-hybridized carbons (Fsp3) is 0.306. The van der Waals surface area contributed by atoms with Gasteiger partial charge in [0, 0.05) is 18.7 Å². The van der Waals surface area contributed by atoms with Crippen molar-refractivity contribution in [3.8, 4) is 22.8 Å². The largest absolute Gasteiger partial charge is 0.496 e. The molecular weight excluding hydrogens is 593 g/mol. The van der Waals surface area contributed by atoms with E-state index in [2.05, 4.69) is 16.1 Å². The number of para-hydroxylation sites is 1. The number of amides is 1. The Hall–Kier alpha value is -4.86. The van der Waals surface area contributed by atoms with Crippen molar-refractivity contribution < 1.29 is 27.4 Å². The third-order valence-electron chi connectivity index (χ3n) is 7.94. The zero-order chi connectivity index (χ0) is 33.2. The predicted molar refractivity (Wildman–Crippen MR) is 172 cm³/mol. The van der Waals surface area contributed by atoms with E-state index in [0.29, 0.717) is 31.0 Å². The summed E-state index contributed by atoms with van der Waals surface area (Å²) in [4.78, 5) is 19.9. The Balaban J connectivity index is 1.41. The molecular formula is C36H37F3N4O3. The second kappa shape index (κ2) is 13.2. The second-order valence-electron chi connectivity index (χ2n) is 11.4. The van der Waals surface area contributed by atoms with Gasteiger partial charge in [-0.3, -0.25) is 4.79 Å². The fourth-order valence-electron chi connectivity index (χ4n) is 5.82. The Bertz CT molecular complexity index is 1880. The van der Waals surface area contributed by atoms with E-state index in [1.165, 1.54) is 24.3 Å². The van der Waals surface area contributed by atoms with Gasteiger partial charge < -0.3 is 14.4 Å². The molecule has 0 bridgehead atoms. The summed E-state index contributed by atoms with van der Waals surface area (Å²) >= 11 is 0. The smallest absolute Gasteiger partial charge is 0.417 e. The highest BCUT2D eigenvalue weighted by molar-refractivity contribution is 5.88. The lowest BCUT2D eigenvalue weighted by Crippen LogP contribution is -2.33. The van der Waals surface area contributed by atoms with E-state index in [-0.39, 0.29) is 34.9 Å². The van der Waals surface area contributed by atoms with Crippen LogP contribution in [0.1, 0.15) is 46.0 Å². The third kappa shape index (κ3) is 6.85. The Labute approximate surface area is 266 Å². The first kappa shape index (κ1) is 32.5. The number of aromatic nitrogens is 3. The summed E-state index contributed by atoms with van der Waals surface area (Å²) in [5, 5.41) is 4.22. The number of likely N-dealkylation sites (N-methyl/N-ethyl adjacent to an activating group) is 1. The first-order chi connectivity index (χ1) is 21.9. The monoisotopic (exact) mass is 630 g/mol. The van der Waals surface area contributed by atoms with Gasteiger partial charge in [0.25, 0.3) is 0 Å². The number of nitrogens with zero attached hydrogens (tertiary/aromatic N) is 4. The Morgan fingerprint density at radius 1 is 0.935 bits per heavy atom. The van der Waals surface area contributed by atoms with Crippen LogP contribution in [0.5, 0.6) is 11.5 Å². The molecule has 3 aromatic carbocycles. The quantitative estimate of drug-likeness (QED) is 0.157. The molecule has 0 atom stereocenters. The second-order valence-corrected chi connectivity index (χ2v) is 11.4. The number of hydrogen-bond donors (Lipinski definition) is 0. The highest BCUT2D eigenvalue weighted by atomic mass is 19.4. The summed E-state index contributed by atoms with van der Waals surface area (Å²) in [5.74, 6) is 0.895. The molecule has 0 spiro atoms. The summed E-state index contributed by atoms with van der Waals surface area (Å²) < 4.78 is 55.8. The number of carbonyl (C=O) groups excluding carboxylic acids is 1. The minimum absolute atomic E-state index is 0.0144. The molecule has 2 heterocycles. The predicted octanol–water partition coefficient (Wildman–Crippen LogP) is 7.99. The molecule has 0 saturated carbocycles. The van der Waals surface area contributed by atoms with Gasteiger partial charge in [0.2, 0.25) is 5.91 Å². The number of benzene rings is 3. The zero-order valence-corrected chi connectivity index (χ0v) is 26.8. The molecule has 1 amide bonds. The van der Waals surface area contributed by atoms with Gasteiger partial charge in [0.15, 0.2) is 5.65 Å². The number of aryl methyl sites for hydroxylation is 4. The number of pyridine rings is 1. The van der Waals surface area contributed by atoms with Crippen molar-refractivity contribution in [2.45, 2.75) is 60.5 Å². The maximum atomic E-state index is 14.3. The standard InChI is InChI=1S/C36H37F3N4O3/c1-7-42(19-27-16-23(3)34(24(4)17-27)46-21-26-12-10-11-22(2)15-26)32(44)20-43-35-33(25(5)41-43)29(36(37,38)39)18-30(40-35)28-13-8-9-14-31(28)45-6/h8-18H,7,19-21H2,1-6H3. The lowest BCUT2D eigenvalue weighted by Gasteiger charge is -2.22. The summed E-state index contributed by atoms with van der Waals surface area (Å²) in [5.41, 5.74) is 4.82. The molecule has 0 aliphatic carbocycles. The van der Waals surface area contributed by atoms with E-state index in [4.69, 9.17) is 9.47 Å². The maximum Gasteiger partial charge on any atom is 0.417 e. The van der Waals surface area contributed by atoms with Gasteiger partial charge in [-0.1, -0.05) is 54.1 Å². The number of carbonyl (C=O) groups is 1. The lowest BCUT2D eigenvalue weighted by molar-refractivity contribution is -0.136. The summed E-state index contributed by atoms with van der Waals surface area (Å²) in [6.45, 7) is 10.2. The first-order valence-electron chi connectivity index (χ1n) is 15.0. The summed E-state index contributed by atoms with van der Waals surface area (Å²) in [7, 11) is 1.45. The van der Waals surface area contributed by atoms with Crippen molar-refractivity contribution in [1.29, 1.82) is 0 Å². The highest BCUT2D eigenvalue weighted by Gasteiger charge is 2.36. The Morgan fingerprint density at radius 2 is 1.65 bits per heavy atom. The molecule has 0 N–H and O–H groups in total. The van der Waals surface area contributed by atoms with Crippen LogP contribution in [0.3, 0.4) is 0 Å². The van der Waals surface area contributed by atoms with Gasteiger partial charge >= 0.3 is 6.18 Å². The van der Waals surface area contributed by atoms with Crippen LogP contribution in [0.2, 0.25) is 0 Å². The zero-order valence-electron chi connectivity index (χ0n) is 26.8. The SMILES string of the molecule is CCN(Cc1cc(C)c(OCc2cccc(C)c2)c(C)c1)C(=O)Cn1nc(C)c2c(C(F)(F)F)cc(-c3ccccc3OC)nc21. The van der Waals surface area contributed by atoms with Gasteiger partial charge in [-0.25, -0.2) is 9.67 Å². The van der Waals surface area contributed by atoms with Crippen LogP contribution in [0.4, 0.5) is 13.2 Å². The van der Waals surface area contributed by atoms with E-state index in [1.807, 2.05) is 58.0 Å². The Kier molecular flexibility index (Phi) is 9.37. The number of rotatable bonds is 10. The number of ether oxygens (including phenoxy) is 2. The van der Waals surface area contributed by atoms with Gasteiger partial charge in [0.05, 0.1) is 29.4 Å². The molecule has 46 heavy (non-hydrogen) atoms. The van der Waals surface area contributed by atoms with E-state index < -0.39 is 11.7 Å². The van der Waals surface area contributed by atoms with E-state index in [1.54, 1.807) is 29.2 Å². The van der Waals surface area contributed by atoms with Crippen LogP contribution in [-0.4, -0.2) is 39.2 Å². The number of halogens is 3. The van der Waals surface area contributed by atoms with Crippen molar-refractivity contribution >= 4 is 16.9 Å². The number of methoxy groups -OCH3 is 1.